The predicted molar refractivity (Wildman–Crippen MR) is 119 cm³/mol. The van der Waals surface area contributed by atoms with Gasteiger partial charge in [0.25, 0.3) is 0 Å². The quantitative estimate of drug-likeness (QED) is 0.474. The molecule has 10 heteroatoms. The van der Waals surface area contributed by atoms with Gasteiger partial charge in [0.2, 0.25) is 0 Å². The SMILES string of the molecule is COc1ccc(-c2ncnc(N3CC(N(C)c4nc(C)nc5c4cnn5C)C3)c2F)cc1. The number of benzene rings is 1. The zero-order chi connectivity index (χ0) is 22.4. The molecule has 0 N–H and O–H groups in total. The highest BCUT2D eigenvalue weighted by Crippen LogP contribution is 2.32. The summed E-state index contributed by atoms with van der Waals surface area (Å²) in [6.07, 6.45) is 3.18. The van der Waals surface area contributed by atoms with E-state index in [0.717, 1.165) is 16.9 Å². The molecule has 1 aliphatic rings. The number of anilines is 2. The molecule has 0 saturated carbocycles. The van der Waals surface area contributed by atoms with Gasteiger partial charge in [-0.2, -0.15) is 5.10 Å². The van der Waals surface area contributed by atoms with E-state index in [2.05, 4.69) is 29.9 Å². The van der Waals surface area contributed by atoms with Crippen molar-refractivity contribution in [1.82, 2.24) is 29.7 Å². The number of hydrogen-bond acceptors (Lipinski definition) is 8. The lowest BCUT2D eigenvalue weighted by Gasteiger charge is -2.45. The Morgan fingerprint density at radius 1 is 1.12 bits per heavy atom. The summed E-state index contributed by atoms with van der Waals surface area (Å²) in [4.78, 5) is 21.5. The molecule has 0 radical (unpaired) electrons. The Bertz CT molecular complexity index is 1280. The molecular formula is C22H23FN8O. The number of halogens is 1. The molecule has 5 rings (SSSR count). The van der Waals surface area contributed by atoms with Gasteiger partial charge >= 0.3 is 0 Å². The molecule has 4 aromatic rings. The van der Waals surface area contributed by atoms with Crippen molar-refractivity contribution in [2.45, 2.75) is 13.0 Å². The fraction of sp³-hybridized carbons (Fsp3) is 0.318. The van der Waals surface area contributed by atoms with Crippen LogP contribution in [0.1, 0.15) is 5.82 Å². The number of aromatic nitrogens is 6. The van der Waals surface area contributed by atoms with Gasteiger partial charge < -0.3 is 14.5 Å². The largest absolute Gasteiger partial charge is 0.497 e. The average molecular weight is 434 g/mol. The van der Waals surface area contributed by atoms with Crippen molar-refractivity contribution in [3.8, 4) is 17.0 Å². The van der Waals surface area contributed by atoms with E-state index in [1.807, 2.05) is 25.9 Å². The molecule has 0 unspecified atom stereocenters. The molecule has 1 saturated heterocycles. The minimum Gasteiger partial charge on any atom is -0.497 e. The lowest BCUT2D eigenvalue weighted by molar-refractivity contribution is 0.415. The van der Waals surface area contributed by atoms with Crippen LogP contribution in [0.15, 0.2) is 36.8 Å². The first kappa shape index (κ1) is 20.1. The Labute approximate surface area is 184 Å². The van der Waals surface area contributed by atoms with Crippen molar-refractivity contribution in [3.05, 3.63) is 48.4 Å². The standard InChI is InChI=1S/C22H23FN8O/c1-13-27-20(17-9-26-30(3)21(17)28-13)29(2)15-10-31(11-15)22-18(23)19(24-12-25-22)14-5-7-16(32-4)8-6-14/h5-9,12,15H,10-11H2,1-4H3. The first-order chi connectivity index (χ1) is 15.5. The van der Waals surface area contributed by atoms with Crippen LogP contribution in [0, 0.1) is 12.7 Å². The number of rotatable bonds is 5. The van der Waals surface area contributed by atoms with E-state index in [0.29, 0.717) is 36.0 Å². The third kappa shape index (κ3) is 3.28. The third-order valence-corrected chi connectivity index (χ3v) is 5.86. The average Bonchev–Trinajstić information content (AvgIpc) is 3.14. The van der Waals surface area contributed by atoms with Gasteiger partial charge in [0.1, 0.15) is 29.4 Å². The lowest BCUT2D eigenvalue weighted by Crippen LogP contribution is -2.59. The molecular weight excluding hydrogens is 411 g/mol. The molecule has 1 aliphatic heterocycles. The number of fused-ring (bicyclic) bond motifs is 1. The smallest absolute Gasteiger partial charge is 0.191 e. The van der Waals surface area contributed by atoms with Gasteiger partial charge in [-0.05, 0) is 31.2 Å². The van der Waals surface area contributed by atoms with E-state index < -0.39 is 5.82 Å². The molecule has 1 fully saturated rings. The topological polar surface area (TPSA) is 85.1 Å². The Morgan fingerprint density at radius 2 is 1.88 bits per heavy atom. The Kier molecular flexibility index (Phi) is 4.84. The van der Waals surface area contributed by atoms with Gasteiger partial charge in [0.15, 0.2) is 17.3 Å². The minimum atomic E-state index is -0.425. The molecule has 0 amide bonds. The zero-order valence-electron chi connectivity index (χ0n) is 18.3. The van der Waals surface area contributed by atoms with Crippen LogP contribution in [0.3, 0.4) is 0 Å². The van der Waals surface area contributed by atoms with Gasteiger partial charge in [-0.25, -0.2) is 24.3 Å². The molecule has 3 aromatic heterocycles. The second kappa shape index (κ2) is 7.70. The van der Waals surface area contributed by atoms with Crippen LogP contribution in [0.4, 0.5) is 16.0 Å². The number of nitrogens with zero attached hydrogens (tertiary/aromatic N) is 8. The van der Waals surface area contributed by atoms with Gasteiger partial charge in [0, 0.05) is 32.7 Å². The van der Waals surface area contributed by atoms with Crippen molar-refractivity contribution in [3.63, 3.8) is 0 Å². The fourth-order valence-electron chi connectivity index (χ4n) is 3.96. The first-order valence-corrected chi connectivity index (χ1v) is 10.3. The Morgan fingerprint density at radius 3 is 2.59 bits per heavy atom. The van der Waals surface area contributed by atoms with Crippen LogP contribution in [0.2, 0.25) is 0 Å². The van der Waals surface area contributed by atoms with Gasteiger partial charge in [-0.15, -0.1) is 0 Å². The summed E-state index contributed by atoms with van der Waals surface area (Å²) in [6, 6.07) is 7.31. The van der Waals surface area contributed by atoms with E-state index >= 15 is 4.39 Å². The monoisotopic (exact) mass is 434 g/mol. The fourth-order valence-corrected chi connectivity index (χ4v) is 3.96. The summed E-state index contributed by atoms with van der Waals surface area (Å²) < 4.78 is 22.2. The van der Waals surface area contributed by atoms with Crippen molar-refractivity contribution in [2.24, 2.45) is 7.05 Å². The maximum atomic E-state index is 15.3. The van der Waals surface area contributed by atoms with Crippen molar-refractivity contribution >= 4 is 22.7 Å². The van der Waals surface area contributed by atoms with Crippen LogP contribution in [-0.2, 0) is 7.05 Å². The van der Waals surface area contributed by atoms with Crippen molar-refractivity contribution < 1.29 is 9.13 Å². The van der Waals surface area contributed by atoms with Crippen molar-refractivity contribution in [2.75, 3.05) is 37.0 Å². The maximum Gasteiger partial charge on any atom is 0.191 e. The minimum absolute atomic E-state index is 0.159. The summed E-state index contributed by atoms with van der Waals surface area (Å²) in [5.74, 6) is 2.10. The highest BCUT2D eigenvalue weighted by atomic mass is 19.1. The van der Waals surface area contributed by atoms with Crippen LogP contribution in [-0.4, -0.2) is 63.0 Å². The molecule has 164 valence electrons. The third-order valence-electron chi connectivity index (χ3n) is 5.86. The van der Waals surface area contributed by atoms with E-state index in [9.17, 15) is 0 Å². The zero-order valence-corrected chi connectivity index (χ0v) is 18.3. The van der Waals surface area contributed by atoms with Crippen LogP contribution in [0.5, 0.6) is 5.75 Å². The summed E-state index contributed by atoms with van der Waals surface area (Å²) in [6.45, 7) is 3.11. The number of methoxy groups -OCH3 is 1. The first-order valence-electron chi connectivity index (χ1n) is 10.3. The Hall–Kier alpha value is -3.82. The molecule has 0 spiro atoms. The lowest BCUT2D eigenvalue weighted by atomic mass is 10.1. The highest BCUT2D eigenvalue weighted by molar-refractivity contribution is 5.87. The summed E-state index contributed by atoms with van der Waals surface area (Å²) >= 11 is 0. The molecule has 1 aromatic carbocycles. The van der Waals surface area contributed by atoms with E-state index in [1.165, 1.54) is 6.33 Å². The molecule has 32 heavy (non-hydrogen) atoms. The Balaban J connectivity index is 1.37. The van der Waals surface area contributed by atoms with Crippen LogP contribution < -0.4 is 14.5 Å². The number of ether oxygens (including phenoxy) is 1. The van der Waals surface area contributed by atoms with E-state index in [1.54, 1.807) is 42.3 Å². The number of hydrogen-bond donors (Lipinski definition) is 0. The highest BCUT2D eigenvalue weighted by Gasteiger charge is 2.35. The normalized spacial score (nSPS) is 14.0. The number of likely N-dealkylation sites (N-methyl/N-ethyl adjacent to an activating group) is 1. The van der Waals surface area contributed by atoms with Gasteiger partial charge in [-0.3, -0.25) is 4.68 Å². The van der Waals surface area contributed by atoms with Crippen molar-refractivity contribution in [1.29, 1.82) is 0 Å². The summed E-state index contributed by atoms with van der Waals surface area (Å²) in [5, 5.41) is 5.21. The van der Waals surface area contributed by atoms with Crippen LogP contribution in [0.25, 0.3) is 22.3 Å². The molecule has 0 aliphatic carbocycles. The van der Waals surface area contributed by atoms with Gasteiger partial charge in [-0.1, -0.05) is 0 Å². The van der Waals surface area contributed by atoms with E-state index in [4.69, 9.17) is 4.74 Å². The molecule has 0 bridgehead atoms. The van der Waals surface area contributed by atoms with E-state index in [-0.39, 0.29) is 11.7 Å². The molecule has 0 atom stereocenters. The van der Waals surface area contributed by atoms with Crippen LogP contribution >= 0.6 is 0 Å². The summed E-state index contributed by atoms with van der Waals surface area (Å²) in [7, 11) is 5.45. The van der Waals surface area contributed by atoms with Gasteiger partial charge in [0.05, 0.1) is 24.7 Å². The second-order valence-electron chi connectivity index (χ2n) is 7.86. The maximum absolute atomic E-state index is 15.3. The molecule has 9 nitrogen and oxygen atoms in total. The predicted octanol–water partition coefficient (Wildman–Crippen LogP) is 2.60. The molecule has 4 heterocycles. The summed E-state index contributed by atoms with van der Waals surface area (Å²) in [5.41, 5.74) is 1.75. The second-order valence-corrected chi connectivity index (χ2v) is 7.86. The number of aryl methyl sites for hydroxylation is 2.